The van der Waals surface area contributed by atoms with Gasteiger partial charge >= 0.3 is 0 Å². The van der Waals surface area contributed by atoms with E-state index in [9.17, 15) is 5.11 Å². The lowest BCUT2D eigenvalue weighted by molar-refractivity contribution is 0.477. The standard InChI is InChI=1S/C25H20O/c26-25-14-8-7-13-24(25)23-17-20(15-19-9-3-1-4-10-19)16-22(18-23)21-11-5-2-6-12-21/h1-14,16-18,26H,15H2. The van der Waals surface area contributed by atoms with E-state index < -0.39 is 0 Å². The molecular weight excluding hydrogens is 316 g/mol. The number of benzene rings is 4. The van der Waals surface area contributed by atoms with Crippen molar-refractivity contribution in [2.24, 2.45) is 0 Å². The Hall–Kier alpha value is -3.32. The van der Waals surface area contributed by atoms with Crippen molar-refractivity contribution in [3.63, 3.8) is 0 Å². The Morgan fingerprint density at radius 1 is 0.500 bits per heavy atom. The average Bonchev–Trinajstić information content (AvgIpc) is 2.69. The smallest absolute Gasteiger partial charge is 0.123 e. The average molecular weight is 336 g/mol. The highest BCUT2D eigenvalue weighted by atomic mass is 16.3. The maximum absolute atomic E-state index is 10.3. The van der Waals surface area contributed by atoms with Crippen LogP contribution in [0.15, 0.2) is 103 Å². The fourth-order valence-electron chi connectivity index (χ4n) is 3.30. The zero-order valence-corrected chi connectivity index (χ0v) is 14.5. The molecule has 0 radical (unpaired) electrons. The van der Waals surface area contributed by atoms with Crippen LogP contribution in [-0.4, -0.2) is 5.11 Å². The van der Waals surface area contributed by atoms with Crippen LogP contribution in [-0.2, 0) is 6.42 Å². The van der Waals surface area contributed by atoms with Crippen LogP contribution in [0.1, 0.15) is 11.1 Å². The van der Waals surface area contributed by atoms with E-state index in [4.69, 9.17) is 0 Å². The molecule has 26 heavy (non-hydrogen) atoms. The normalized spacial score (nSPS) is 10.6. The zero-order chi connectivity index (χ0) is 17.8. The second-order valence-corrected chi connectivity index (χ2v) is 6.46. The molecule has 0 aliphatic carbocycles. The Morgan fingerprint density at radius 2 is 1.12 bits per heavy atom. The predicted octanol–water partition coefficient (Wildman–Crippen LogP) is 6.32. The Balaban J connectivity index is 1.83. The fraction of sp³-hybridized carbons (Fsp3) is 0.0400. The van der Waals surface area contributed by atoms with Crippen LogP contribution in [0.4, 0.5) is 0 Å². The van der Waals surface area contributed by atoms with Crippen LogP contribution in [0, 0.1) is 0 Å². The summed E-state index contributed by atoms with van der Waals surface area (Å²) in [6, 6.07) is 34.9. The van der Waals surface area contributed by atoms with Gasteiger partial charge in [-0.2, -0.15) is 0 Å². The predicted molar refractivity (Wildman–Crippen MR) is 108 cm³/mol. The van der Waals surface area contributed by atoms with Crippen molar-refractivity contribution in [3.05, 3.63) is 114 Å². The number of aromatic hydroxyl groups is 1. The molecule has 0 spiro atoms. The Morgan fingerprint density at radius 3 is 1.85 bits per heavy atom. The van der Waals surface area contributed by atoms with Crippen LogP contribution in [0.5, 0.6) is 5.75 Å². The number of hydrogen-bond acceptors (Lipinski definition) is 1. The molecule has 1 nitrogen and oxygen atoms in total. The molecule has 126 valence electrons. The van der Waals surface area contributed by atoms with Gasteiger partial charge in [-0.15, -0.1) is 0 Å². The van der Waals surface area contributed by atoms with Gasteiger partial charge in [0.05, 0.1) is 0 Å². The van der Waals surface area contributed by atoms with E-state index in [-0.39, 0.29) is 0 Å². The minimum atomic E-state index is 0.309. The van der Waals surface area contributed by atoms with Crippen molar-refractivity contribution >= 4 is 0 Å². The van der Waals surface area contributed by atoms with Crippen molar-refractivity contribution in [2.75, 3.05) is 0 Å². The van der Waals surface area contributed by atoms with Crippen LogP contribution in [0.3, 0.4) is 0 Å². The van der Waals surface area contributed by atoms with E-state index in [0.717, 1.165) is 23.1 Å². The highest BCUT2D eigenvalue weighted by Gasteiger charge is 2.09. The van der Waals surface area contributed by atoms with Crippen molar-refractivity contribution in [2.45, 2.75) is 6.42 Å². The van der Waals surface area contributed by atoms with E-state index in [2.05, 4.69) is 66.7 Å². The molecule has 4 aromatic carbocycles. The topological polar surface area (TPSA) is 20.2 Å². The maximum atomic E-state index is 10.3. The molecular formula is C25H20O. The van der Waals surface area contributed by atoms with Gasteiger partial charge in [-0.05, 0) is 46.4 Å². The summed E-state index contributed by atoms with van der Waals surface area (Å²) in [5, 5.41) is 10.3. The second kappa shape index (κ2) is 7.28. The van der Waals surface area contributed by atoms with Crippen molar-refractivity contribution in [3.8, 4) is 28.0 Å². The first kappa shape index (κ1) is 16.2. The molecule has 0 heterocycles. The van der Waals surface area contributed by atoms with Gasteiger partial charge in [0.2, 0.25) is 0 Å². The van der Waals surface area contributed by atoms with Gasteiger partial charge in [-0.3, -0.25) is 0 Å². The molecule has 0 aliphatic rings. The first-order valence-corrected chi connectivity index (χ1v) is 8.81. The van der Waals surface area contributed by atoms with Gasteiger partial charge in [0.15, 0.2) is 0 Å². The Labute approximate surface area is 154 Å². The van der Waals surface area contributed by atoms with Gasteiger partial charge in [-0.1, -0.05) is 91.0 Å². The second-order valence-electron chi connectivity index (χ2n) is 6.46. The van der Waals surface area contributed by atoms with E-state index in [0.29, 0.717) is 5.75 Å². The minimum Gasteiger partial charge on any atom is -0.507 e. The summed E-state index contributed by atoms with van der Waals surface area (Å²) in [6.07, 6.45) is 0.863. The molecule has 0 aliphatic heterocycles. The molecule has 1 heteroatoms. The highest BCUT2D eigenvalue weighted by molar-refractivity contribution is 5.77. The zero-order valence-electron chi connectivity index (χ0n) is 14.5. The third kappa shape index (κ3) is 3.52. The molecule has 0 atom stereocenters. The van der Waals surface area contributed by atoms with Gasteiger partial charge in [0, 0.05) is 5.56 Å². The number of phenols is 1. The number of rotatable bonds is 4. The highest BCUT2D eigenvalue weighted by Crippen LogP contribution is 2.33. The summed E-state index contributed by atoms with van der Waals surface area (Å²) >= 11 is 0. The minimum absolute atomic E-state index is 0.309. The Kier molecular flexibility index (Phi) is 4.53. The van der Waals surface area contributed by atoms with E-state index in [1.165, 1.54) is 16.7 Å². The van der Waals surface area contributed by atoms with Crippen LogP contribution in [0.2, 0.25) is 0 Å². The molecule has 0 unspecified atom stereocenters. The molecule has 0 fully saturated rings. The molecule has 0 saturated heterocycles. The quantitative estimate of drug-likeness (QED) is 0.462. The van der Waals surface area contributed by atoms with E-state index in [1.807, 2.05) is 30.3 Å². The lowest BCUT2D eigenvalue weighted by atomic mass is 9.93. The molecule has 1 N–H and O–H groups in total. The third-order valence-electron chi connectivity index (χ3n) is 4.57. The van der Waals surface area contributed by atoms with Gasteiger partial charge < -0.3 is 5.11 Å². The summed E-state index contributed by atoms with van der Waals surface area (Å²) in [5.74, 6) is 0.309. The largest absolute Gasteiger partial charge is 0.507 e. The van der Waals surface area contributed by atoms with Crippen molar-refractivity contribution in [1.29, 1.82) is 0 Å². The molecule has 4 rings (SSSR count). The van der Waals surface area contributed by atoms with E-state index >= 15 is 0 Å². The van der Waals surface area contributed by atoms with E-state index in [1.54, 1.807) is 6.07 Å². The molecule has 0 bridgehead atoms. The SMILES string of the molecule is Oc1ccccc1-c1cc(Cc2ccccc2)cc(-c2ccccc2)c1. The third-order valence-corrected chi connectivity index (χ3v) is 4.57. The number of hydrogen-bond donors (Lipinski definition) is 1. The molecule has 0 amide bonds. The monoisotopic (exact) mass is 336 g/mol. The van der Waals surface area contributed by atoms with Gasteiger partial charge in [0.25, 0.3) is 0 Å². The first-order chi connectivity index (χ1) is 12.8. The molecule has 4 aromatic rings. The van der Waals surface area contributed by atoms with Crippen molar-refractivity contribution < 1.29 is 5.11 Å². The Bertz CT molecular complexity index is 1000. The lowest BCUT2D eigenvalue weighted by Crippen LogP contribution is -1.91. The van der Waals surface area contributed by atoms with Gasteiger partial charge in [0.1, 0.15) is 5.75 Å². The van der Waals surface area contributed by atoms with Gasteiger partial charge in [-0.25, -0.2) is 0 Å². The van der Waals surface area contributed by atoms with Crippen LogP contribution < -0.4 is 0 Å². The van der Waals surface area contributed by atoms with Crippen LogP contribution >= 0.6 is 0 Å². The maximum Gasteiger partial charge on any atom is 0.123 e. The fourth-order valence-corrected chi connectivity index (χ4v) is 3.30. The summed E-state index contributed by atoms with van der Waals surface area (Å²) < 4.78 is 0. The summed E-state index contributed by atoms with van der Waals surface area (Å²) in [4.78, 5) is 0. The number of phenolic OH excluding ortho intramolecular Hbond substituents is 1. The summed E-state index contributed by atoms with van der Waals surface area (Å²) in [7, 11) is 0. The summed E-state index contributed by atoms with van der Waals surface area (Å²) in [5.41, 5.74) is 6.75. The molecule has 0 aromatic heterocycles. The van der Waals surface area contributed by atoms with Crippen molar-refractivity contribution in [1.82, 2.24) is 0 Å². The summed E-state index contributed by atoms with van der Waals surface area (Å²) in [6.45, 7) is 0. The molecule has 0 saturated carbocycles. The first-order valence-electron chi connectivity index (χ1n) is 8.81. The lowest BCUT2D eigenvalue weighted by Gasteiger charge is -2.12. The van der Waals surface area contributed by atoms with Crippen LogP contribution in [0.25, 0.3) is 22.3 Å². The number of para-hydroxylation sites is 1.